The lowest BCUT2D eigenvalue weighted by Crippen LogP contribution is -2.50. The van der Waals surface area contributed by atoms with Crippen LogP contribution < -0.4 is 10.6 Å². The molecule has 2 aromatic rings. The van der Waals surface area contributed by atoms with Crippen LogP contribution in [0, 0.1) is 0 Å². The van der Waals surface area contributed by atoms with Crippen molar-refractivity contribution in [3.8, 4) is 0 Å². The van der Waals surface area contributed by atoms with Gasteiger partial charge in [-0.05, 0) is 29.6 Å². The average molecular weight is 426 g/mol. The molecule has 0 radical (unpaired) electrons. The van der Waals surface area contributed by atoms with E-state index < -0.39 is 17.8 Å². The van der Waals surface area contributed by atoms with E-state index in [0.717, 1.165) is 17.0 Å². The van der Waals surface area contributed by atoms with Gasteiger partial charge in [0.05, 0.1) is 10.4 Å². The molecule has 6 nitrogen and oxygen atoms in total. The van der Waals surface area contributed by atoms with Crippen LogP contribution in [0.25, 0.3) is 0 Å². The fourth-order valence-corrected chi connectivity index (χ4v) is 3.70. The van der Waals surface area contributed by atoms with Gasteiger partial charge in [0.15, 0.2) is 0 Å². The van der Waals surface area contributed by atoms with Crippen LogP contribution in [0.15, 0.2) is 41.8 Å². The van der Waals surface area contributed by atoms with Crippen LogP contribution in [0.5, 0.6) is 0 Å². The minimum atomic E-state index is -4.46. The molecule has 1 saturated heterocycles. The number of nitrogens with one attached hydrogen (secondary N) is 2. The second kappa shape index (κ2) is 9.27. The zero-order valence-corrected chi connectivity index (χ0v) is 16.4. The van der Waals surface area contributed by atoms with Crippen molar-refractivity contribution < 1.29 is 22.8 Å². The van der Waals surface area contributed by atoms with E-state index in [4.69, 9.17) is 0 Å². The molecule has 1 aromatic heterocycles. The number of hydrogen-bond donors (Lipinski definition) is 2. The van der Waals surface area contributed by atoms with Crippen LogP contribution in [-0.2, 0) is 6.18 Å². The first-order chi connectivity index (χ1) is 13.8. The topological polar surface area (TPSA) is 64.7 Å². The molecule has 3 amide bonds. The number of thiophene rings is 1. The normalized spacial score (nSPS) is 15.2. The molecule has 156 valence electrons. The van der Waals surface area contributed by atoms with E-state index in [9.17, 15) is 22.8 Å². The molecule has 10 heteroatoms. The number of halogens is 3. The second-order valence-corrected chi connectivity index (χ2v) is 7.52. The average Bonchev–Trinajstić information content (AvgIpc) is 3.22. The van der Waals surface area contributed by atoms with E-state index in [1.807, 2.05) is 22.4 Å². The summed E-state index contributed by atoms with van der Waals surface area (Å²) in [4.78, 5) is 28.9. The highest BCUT2D eigenvalue weighted by atomic mass is 32.1. The number of nitrogens with zero attached hydrogens (tertiary/aromatic N) is 2. The highest BCUT2D eigenvalue weighted by Gasteiger charge is 2.30. The molecule has 0 atom stereocenters. The number of benzene rings is 1. The van der Waals surface area contributed by atoms with Crippen LogP contribution in [0.2, 0.25) is 0 Å². The first-order valence-corrected chi connectivity index (χ1v) is 9.98. The molecule has 0 aliphatic carbocycles. The molecule has 1 fully saturated rings. The van der Waals surface area contributed by atoms with Gasteiger partial charge in [0.2, 0.25) is 0 Å². The summed E-state index contributed by atoms with van der Waals surface area (Å²) < 4.78 is 38.1. The molecule has 0 saturated carbocycles. The van der Waals surface area contributed by atoms with Gasteiger partial charge in [-0.2, -0.15) is 13.2 Å². The highest BCUT2D eigenvalue weighted by molar-refractivity contribution is 7.12. The number of hydrogen-bond acceptors (Lipinski definition) is 4. The summed E-state index contributed by atoms with van der Waals surface area (Å²) in [5.74, 6) is 0.0400. The highest BCUT2D eigenvalue weighted by Crippen LogP contribution is 2.30. The van der Waals surface area contributed by atoms with E-state index in [0.29, 0.717) is 39.3 Å². The van der Waals surface area contributed by atoms with Gasteiger partial charge in [0.1, 0.15) is 0 Å². The largest absolute Gasteiger partial charge is 0.416 e. The Bertz CT molecular complexity index is 834. The standard InChI is InChI=1S/C19H21F3N4O2S/c20-19(21,22)14-3-1-4-15(13-14)24-18(28)23-6-7-25-8-10-26(11-9-25)17(27)16-5-2-12-29-16/h1-5,12-13H,6-11H2,(H2,23,24,28). The maximum atomic E-state index is 12.7. The summed E-state index contributed by atoms with van der Waals surface area (Å²) in [6.45, 7) is 3.59. The number of carbonyl (C=O) groups excluding carboxylic acids is 2. The molecule has 1 aromatic carbocycles. The van der Waals surface area contributed by atoms with Gasteiger partial charge in [0.25, 0.3) is 5.91 Å². The number of alkyl halides is 3. The summed E-state index contributed by atoms with van der Waals surface area (Å²) in [7, 11) is 0. The van der Waals surface area contributed by atoms with Crippen LogP contribution in [0.4, 0.5) is 23.7 Å². The number of carbonyl (C=O) groups is 2. The third-order valence-corrected chi connectivity index (χ3v) is 5.41. The third kappa shape index (κ3) is 5.94. The van der Waals surface area contributed by atoms with Crippen LogP contribution in [-0.4, -0.2) is 61.0 Å². The van der Waals surface area contributed by atoms with Crippen molar-refractivity contribution in [2.75, 3.05) is 44.6 Å². The smallest absolute Gasteiger partial charge is 0.337 e. The molecule has 1 aliphatic heterocycles. The van der Waals surface area contributed by atoms with E-state index in [1.165, 1.54) is 23.5 Å². The lowest BCUT2D eigenvalue weighted by Gasteiger charge is -2.34. The predicted octanol–water partition coefficient (Wildman–Crippen LogP) is 3.35. The van der Waals surface area contributed by atoms with E-state index in [1.54, 1.807) is 0 Å². The molecule has 1 aliphatic rings. The molecular formula is C19H21F3N4O2S. The van der Waals surface area contributed by atoms with Crippen LogP contribution in [0.3, 0.4) is 0 Å². The summed E-state index contributed by atoms with van der Waals surface area (Å²) in [6.07, 6.45) is -4.46. The summed E-state index contributed by atoms with van der Waals surface area (Å²) in [5, 5.41) is 6.93. The maximum absolute atomic E-state index is 12.7. The molecular weight excluding hydrogens is 405 g/mol. The van der Waals surface area contributed by atoms with Crippen molar-refractivity contribution in [2.45, 2.75) is 6.18 Å². The van der Waals surface area contributed by atoms with E-state index in [2.05, 4.69) is 15.5 Å². The lowest BCUT2D eigenvalue weighted by atomic mass is 10.2. The molecule has 2 heterocycles. The van der Waals surface area contributed by atoms with E-state index in [-0.39, 0.29) is 11.6 Å². The SMILES string of the molecule is O=C(NCCN1CCN(C(=O)c2cccs2)CC1)Nc1cccc(C(F)(F)F)c1. The zero-order valence-electron chi connectivity index (χ0n) is 15.5. The molecule has 0 spiro atoms. The summed E-state index contributed by atoms with van der Waals surface area (Å²) in [6, 6.07) is 7.59. The van der Waals surface area contributed by atoms with Crippen LogP contribution in [0.1, 0.15) is 15.2 Å². The fraction of sp³-hybridized carbons (Fsp3) is 0.368. The van der Waals surface area contributed by atoms with Crippen molar-refractivity contribution in [2.24, 2.45) is 0 Å². The Labute approximate surface area is 170 Å². The van der Waals surface area contributed by atoms with Crippen molar-refractivity contribution in [1.82, 2.24) is 15.1 Å². The number of amides is 3. The Balaban J connectivity index is 1.37. The number of rotatable bonds is 5. The Morgan fingerprint density at radius 1 is 1.07 bits per heavy atom. The molecule has 0 bridgehead atoms. The summed E-state index contributed by atoms with van der Waals surface area (Å²) in [5.41, 5.74) is -0.733. The Kier molecular flexibility index (Phi) is 6.75. The third-order valence-electron chi connectivity index (χ3n) is 4.55. The van der Waals surface area contributed by atoms with E-state index >= 15 is 0 Å². The summed E-state index contributed by atoms with van der Waals surface area (Å²) >= 11 is 1.42. The van der Waals surface area contributed by atoms with Crippen molar-refractivity contribution in [3.63, 3.8) is 0 Å². The number of piperazine rings is 1. The monoisotopic (exact) mass is 426 g/mol. The molecule has 3 rings (SSSR count). The Morgan fingerprint density at radius 2 is 1.83 bits per heavy atom. The van der Waals surface area contributed by atoms with Crippen molar-refractivity contribution >= 4 is 29.0 Å². The first-order valence-electron chi connectivity index (χ1n) is 9.10. The quantitative estimate of drug-likeness (QED) is 0.771. The van der Waals surface area contributed by atoms with Crippen LogP contribution >= 0.6 is 11.3 Å². The molecule has 29 heavy (non-hydrogen) atoms. The van der Waals surface area contributed by atoms with Gasteiger partial charge < -0.3 is 15.5 Å². The van der Waals surface area contributed by atoms with Gasteiger partial charge in [-0.25, -0.2) is 4.79 Å². The van der Waals surface area contributed by atoms with Gasteiger partial charge in [-0.3, -0.25) is 9.69 Å². The minimum Gasteiger partial charge on any atom is -0.337 e. The van der Waals surface area contributed by atoms with Crippen molar-refractivity contribution in [1.29, 1.82) is 0 Å². The van der Waals surface area contributed by atoms with Gasteiger partial charge >= 0.3 is 12.2 Å². The predicted molar refractivity (Wildman–Crippen MR) is 105 cm³/mol. The lowest BCUT2D eigenvalue weighted by molar-refractivity contribution is -0.137. The Hall–Kier alpha value is -2.59. The van der Waals surface area contributed by atoms with Gasteiger partial charge in [-0.15, -0.1) is 11.3 Å². The Morgan fingerprint density at radius 3 is 2.48 bits per heavy atom. The molecule has 2 N–H and O–H groups in total. The number of urea groups is 1. The second-order valence-electron chi connectivity index (χ2n) is 6.57. The minimum absolute atomic E-state index is 0.0400. The molecule has 0 unspecified atom stereocenters. The first kappa shape index (κ1) is 21.1. The van der Waals surface area contributed by atoms with Crippen molar-refractivity contribution in [3.05, 3.63) is 52.2 Å². The van der Waals surface area contributed by atoms with Gasteiger partial charge in [0, 0.05) is 45.0 Å². The zero-order chi connectivity index (χ0) is 20.9. The number of anilines is 1. The van der Waals surface area contributed by atoms with Gasteiger partial charge in [-0.1, -0.05) is 12.1 Å². The maximum Gasteiger partial charge on any atom is 0.416 e. The fourth-order valence-electron chi connectivity index (χ4n) is 3.01.